The number of aryl methyl sites for hydroxylation is 1. The van der Waals surface area contributed by atoms with Crippen molar-refractivity contribution in [1.82, 2.24) is 0 Å². The van der Waals surface area contributed by atoms with Gasteiger partial charge in [0.1, 0.15) is 4.88 Å². The van der Waals surface area contributed by atoms with Crippen LogP contribution in [0.3, 0.4) is 0 Å². The van der Waals surface area contributed by atoms with E-state index in [1.165, 1.54) is 21.8 Å². The fourth-order valence-electron chi connectivity index (χ4n) is 3.79. The Kier molecular flexibility index (Phi) is 6.96. The number of carbonyl (C=O) groups is 2. The molecule has 2 aromatic rings. The molecule has 1 atom stereocenters. The smallest absolute Gasteiger partial charge is 0.348 e. The molecule has 0 aliphatic heterocycles. The number of rotatable bonds is 7. The van der Waals surface area contributed by atoms with Crippen LogP contribution in [-0.4, -0.2) is 31.1 Å². The number of nitrogens with zero attached hydrogens (tertiary/aromatic N) is 1. The first-order valence-electron chi connectivity index (χ1n) is 10.3. The minimum absolute atomic E-state index is 0.285. The maximum absolute atomic E-state index is 12.3. The lowest BCUT2D eigenvalue weighted by atomic mass is 9.90. The number of carbonyl (C=O) groups excluding carboxylic acids is 2. The van der Waals surface area contributed by atoms with E-state index in [4.69, 9.17) is 4.74 Å². The van der Waals surface area contributed by atoms with Crippen LogP contribution in [0.4, 0.5) is 11.4 Å². The van der Waals surface area contributed by atoms with Crippen LogP contribution in [0.2, 0.25) is 0 Å². The first-order valence-corrected chi connectivity index (χ1v) is 11.1. The second-order valence-electron chi connectivity index (χ2n) is 7.96. The Morgan fingerprint density at radius 3 is 2.66 bits per heavy atom. The predicted molar refractivity (Wildman–Crippen MR) is 119 cm³/mol. The van der Waals surface area contributed by atoms with Gasteiger partial charge in [0.25, 0.3) is 5.91 Å². The normalized spacial score (nSPS) is 15.7. The Labute approximate surface area is 177 Å². The molecular weight excluding hydrogens is 384 g/mol. The van der Waals surface area contributed by atoms with E-state index < -0.39 is 5.97 Å². The fraction of sp³-hybridized carbons (Fsp3) is 0.478. The zero-order valence-electron chi connectivity index (χ0n) is 17.7. The third-order valence-electron chi connectivity index (χ3n) is 5.31. The summed E-state index contributed by atoms with van der Waals surface area (Å²) < 4.78 is 5.23. The Morgan fingerprint density at radius 1 is 1.28 bits per heavy atom. The number of hydrogen-bond acceptors (Lipinski definition) is 5. The lowest BCUT2D eigenvalue weighted by Crippen LogP contribution is -2.30. The van der Waals surface area contributed by atoms with E-state index in [1.54, 1.807) is 0 Å². The molecule has 0 saturated carbocycles. The summed E-state index contributed by atoms with van der Waals surface area (Å²) in [5.41, 5.74) is 3.06. The molecule has 5 nitrogen and oxygen atoms in total. The van der Waals surface area contributed by atoms with Crippen LogP contribution < -0.4 is 10.2 Å². The number of esters is 1. The highest BCUT2D eigenvalue weighted by atomic mass is 32.1. The van der Waals surface area contributed by atoms with Gasteiger partial charge in [-0.15, -0.1) is 11.3 Å². The standard InChI is InChI=1S/C23H30N2O3S/c1-5-25(15(2)3)19-9-7-18(8-10-19)24-22(26)14-28-23(27)21-13-17-12-16(4)6-11-20(17)29-21/h7-10,13,15-16H,5-6,11-12,14H2,1-4H3,(H,24,26)/t16-/m0/s1. The van der Waals surface area contributed by atoms with Gasteiger partial charge in [-0.1, -0.05) is 6.92 Å². The Hall–Kier alpha value is -2.34. The molecule has 1 aromatic carbocycles. The summed E-state index contributed by atoms with van der Waals surface area (Å²) in [5, 5.41) is 2.79. The van der Waals surface area contributed by atoms with Gasteiger partial charge in [-0.2, -0.15) is 0 Å². The minimum Gasteiger partial charge on any atom is -0.451 e. The van der Waals surface area contributed by atoms with Crippen molar-refractivity contribution in [3.63, 3.8) is 0 Å². The molecule has 0 unspecified atom stereocenters. The third-order valence-corrected chi connectivity index (χ3v) is 6.53. The topological polar surface area (TPSA) is 58.6 Å². The van der Waals surface area contributed by atoms with Crippen molar-refractivity contribution in [2.75, 3.05) is 23.4 Å². The summed E-state index contributed by atoms with van der Waals surface area (Å²) in [6.07, 6.45) is 3.20. The van der Waals surface area contributed by atoms with Gasteiger partial charge in [0, 0.05) is 28.8 Å². The van der Waals surface area contributed by atoms with Gasteiger partial charge < -0.3 is 15.0 Å². The number of benzene rings is 1. The van der Waals surface area contributed by atoms with Gasteiger partial charge in [-0.05, 0) is 81.8 Å². The van der Waals surface area contributed by atoms with Crippen LogP contribution in [0.1, 0.15) is 54.2 Å². The van der Waals surface area contributed by atoms with E-state index >= 15 is 0 Å². The molecule has 1 aliphatic carbocycles. The largest absolute Gasteiger partial charge is 0.451 e. The number of nitrogens with one attached hydrogen (secondary N) is 1. The van der Waals surface area contributed by atoms with Crippen molar-refractivity contribution in [3.8, 4) is 0 Å². The van der Waals surface area contributed by atoms with Gasteiger partial charge in [0.2, 0.25) is 0 Å². The zero-order chi connectivity index (χ0) is 21.0. The maximum atomic E-state index is 12.3. The molecule has 0 radical (unpaired) electrons. The summed E-state index contributed by atoms with van der Waals surface area (Å²) in [5.74, 6) is -0.0987. The molecular formula is C23H30N2O3S. The van der Waals surface area contributed by atoms with E-state index in [-0.39, 0.29) is 12.5 Å². The van der Waals surface area contributed by atoms with Crippen LogP contribution in [-0.2, 0) is 22.4 Å². The number of fused-ring (bicyclic) bond motifs is 1. The molecule has 29 heavy (non-hydrogen) atoms. The van der Waals surface area contributed by atoms with Gasteiger partial charge in [-0.25, -0.2) is 4.79 Å². The van der Waals surface area contributed by atoms with Crippen LogP contribution >= 0.6 is 11.3 Å². The van der Waals surface area contributed by atoms with E-state index in [0.717, 1.165) is 31.5 Å². The number of amides is 1. The Balaban J connectivity index is 1.51. The molecule has 3 rings (SSSR count). The average Bonchev–Trinajstić information content (AvgIpc) is 3.11. The summed E-state index contributed by atoms with van der Waals surface area (Å²) in [6, 6.07) is 10.1. The predicted octanol–water partition coefficient (Wildman–Crippen LogP) is 4.90. The van der Waals surface area contributed by atoms with E-state index in [1.807, 2.05) is 30.3 Å². The summed E-state index contributed by atoms with van der Waals surface area (Å²) >= 11 is 1.50. The quantitative estimate of drug-likeness (QED) is 0.655. The minimum atomic E-state index is -0.418. The molecule has 0 bridgehead atoms. The van der Waals surface area contributed by atoms with Crippen LogP contribution in [0.5, 0.6) is 0 Å². The number of ether oxygens (including phenoxy) is 1. The van der Waals surface area contributed by atoms with Crippen molar-refractivity contribution in [3.05, 3.63) is 45.6 Å². The lowest BCUT2D eigenvalue weighted by Gasteiger charge is -2.27. The van der Waals surface area contributed by atoms with Gasteiger partial charge >= 0.3 is 5.97 Å². The molecule has 1 amide bonds. The first kappa shape index (κ1) is 21.4. The highest BCUT2D eigenvalue weighted by Crippen LogP contribution is 2.32. The molecule has 0 saturated heterocycles. The van der Waals surface area contributed by atoms with Gasteiger partial charge in [0.15, 0.2) is 6.61 Å². The third kappa shape index (κ3) is 5.38. The number of hydrogen-bond donors (Lipinski definition) is 1. The second-order valence-corrected chi connectivity index (χ2v) is 9.09. The van der Waals surface area contributed by atoms with Crippen LogP contribution in [0.15, 0.2) is 30.3 Å². The maximum Gasteiger partial charge on any atom is 0.348 e. The number of thiophene rings is 1. The van der Waals surface area contributed by atoms with Crippen molar-refractivity contribution in [2.24, 2.45) is 5.92 Å². The number of anilines is 2. The second kappa shape index (κ2) is 9.44. The van der Waals surface area contributed by atoms with Crippen LogP contribution in [0, 0.1) is 5.92 Å². The van der Waals surface area contributed by atoms with E-state index in [0.29, 0.717) is 22.5 Å². The van der Waals surface area contributed by atoms with Crippen molar-refractivity contribution in [1.29, 1.82) is 0 Å². The summed E-state index contributed by atoms with van der Waals surface area (Å²) in [6.45, 7) is 9.29. The first-order chi connectivity index (χ1) is 13.9. The molecule has 1 heterocycles. The summed E-state index contributed by atoms with van der Waals surface area (Å²) in [7, 11) is 0. The monoisotopic (exact) mass is 414 g/mol. The highest BCUT2D eigenvalue weighted by Gasteiger charge is 2.21. The molecule has 1 N–H and O–H groups in total. The highest BCUT2D eigenvalue weighted by molar-refractivity contribution is 7.14. The SMILES string of the molecule is CCN(c1ccc(NC(=O)COC(=O)c2cc3c(s2)CC[C@H](C)C3)cc1)C(C)C. The van der Waals surface area contributed by atoms with Gasteiger partial charge in [0.05, 0.1) is 0 Å². The van der Waals surface area contributed by atoms with E-state index in [2.05, 4.69) is 37.9 Å². The zero-order valence-corrected chi connectivity index (χ0v) is 18.5. The molecule has 0 spiro atoms. The van der Waals surface area contributed by atoms with Crippen LogP contribution in [0.25, 0.3) is 0 Å². The summed E-state index contributed by atoms with van der Waals surface area (Å²) in [4.78, 5) is 28.6. The molecule has 1 aliphatic rings. The Bertz CT molecular complexity index is 858. The fourth-order valence-corrected chi connectivity index (χ4v) is 4.89. The molecule has 0 fully saturated rings. The molecule has 6 heteroatoms. The average molecular weight is 415 g/mol. The lowest BCUT2D eigenvalue weighted by molar-refractivity contribution is -0.119. The van der Waals surface area contributed by atoms with Gasteiger partial charge in [-0.3, -0.25) is 4.79 Å². The van der Waals surface area contributed by atoms with E-state index in [9.17, 15) is 9.59 Å². The molecule has 1 aromatic heterocycles. The molecule has 156 valence electrons. The van der Waals surface area contributed by atoms with Crippen molar-refractivity contribution in [2.45, 2.75) is 53.0 Å². The van der Waals surface area contributed by atoms with Crippen molar-refractivity contribution < 1.29 is 14.3 Å². The van der Waals surface area contributed by atoms with Crippen molar-refractivity contribution >= 4 is 34.6 Å². The Morgan fingerprint density at radius 2 is 2.00 bits per heavy atom.